The van der Waals surface area contributed by atoms with Crippen molar-refractivity contribution in [1.29, 1.82) is 0 Å². The van der Waals surface area contributed by atoms with Crippen molar-refractivity contribution < 1.29 is 19.1 Å². The van der Waals surface area contributed by atoms with Crippen molar-refractivity contribution in [2.45, 2.75) is 25.5 Å². The van der Waals surface area contributed by atoms with Crippen LogP contribution in [0.25, 0.3) is 0 Å². The van der Waals surface area contributed by atoms with Gasteiger partial charge in [-0.15, -0.1) is 0 Å². The van der Waals surface area contributed by atoms with Crippen LogP contribution in [0.2, 0.25) is 0 Å². The molecular formula is C28H27N3O4S. The third kappa shape index (κ3) is 4.95. The Morgan fingerprint density at radius 3 is 2.39 bits per heavy atom. The number of ether oxygens (including phenoxy) is 1. The zero-order chi connectivity index (χ0) is 25.2. The van der Waals surface area contributed by atoms with E-state index in [-0.39, 0.29) is 17.1 Å². The number of nitrogens with zero attached hydrogens (tertiary/aromatic N) is 2. The van der Waals surface area contributed by atoms with E-state index in [4.69, 9.17) is 4.74 Å². The summed E-state index contributed by atoms with van der Waals surface area (Å²) in [4.78, 5) is 40.5. The summed E-state index contributed by atoms with van der Waals surface area (Å²) >= 11 is 1.03. The molecule has 184 valence electrons. The first-order chi connectivity index (χ1) is 17.4. The molecule has 1 N–H and O–H groups in total. The lowest BCUT2D eigenvalue weighted by atomic mass is 10.00. The number of anilines is 2. The van der Waals surface area contributed by atoms with Crippen molar-refractivity contribution >= 4 is 40.2 Å². The molecule has 0 saturated carbocycles. The van der Waals surface area contributed by atoms with Crippen molar-refractivity contribution in [3.63, 3.8) is 0 Å². The molecule has 0 bridgehead atoms. The van der Waals surface area contributed by atoms with E-state index in [1.807, 2.05) is 60.4 Å². The standard InChI is InChI=1S/C28H27N3O4S/c1-18-14-23-24(15-19(18)2)31(21-6-4-3-5-7-21)17-30(27(23)33)12-13-35-22-10-8-20(9-11-22)16-25-26(32)29-28(34)36-25/h3-11,14-15,25H,12-13,16-17H2,1-2H3,(H,29,32,34). The quantitative estimate of drug-likeness (QED) is 0.500. The first-order valence-corrected chi connectivity index (χ1v) is 12.7. The second kappa shape index (κ2) is 10.1. The minimum Gasteiger partial charge on any atom is -0.492 e. The number of imide groups is 1. The SMILES string of the molecule is Cc1cc2c(cc1C)N(c1ccccc1)CN(CCOc1ccc(CC3SC(=O)NC3=O)cc1)C2=O. The largest absolute Gasteiger partial charge is 0.492 e. The molecule has 0 radical (unpaired) electrons. The Morgan fingerprint density at radius 1 is 0.972 bits per heavy atom. The summed E-state index contributed by atoms with van der Waals surface area (Å²) in [6, 6.07) is 21.7. The summed E-state index contributed by atoms with van der Waals surface area (Å²) < 4.78 is 5.94. The number of nitrogens with one attached hydrogen (secondary N) is 1. The fourth-order valence-corrected chi connectivity index (χ4v) is 5.27. The van der Waals surface area contributed by atoms with Crippen LogP contribution >= 0.6 is 11.8 Å². The molecule has 36 heavy (non-hydrogen) atoms. The van der Waals surface area contributed by atoms with E-state index in [1.54, 1.807) is 0 Å². The average Bonchev–Trinajstić information content (AvgIpc) is 3.19. The molecular weight excluding hydrogens is 474 g/mol. The third-order valence-corrected chi connectivity index (χ3v) is 7.52. The average molecular weight is 502 g/mol. The Bertz CT molecular complexity index is 1310. The number of carbonyl (C=O) groups excluding carboxylic acids is 3. The summed E-state index contributed by atoms with van der Waals surface area (Å²) in [5.74, 6) is 0.448. The summed E-state index contributed by atoms with van der Waals surface area (Å²) in [6.07, 6.45) is 0.485. The van der Waals surface area contributed by atoms with Gasteiger partial charge in [-0.3, -0.25) is 19.7 Å². The van der Waals surface area contributed by atoms with E-state index < -0.39 is 5.25 Å². The van der Waals surface area contributed by atoms with Gasteiger partial charge in [0.2, 0.25) is 5.91 Å². The van der Waals surface area contributed by atoms with Crippen molar-refractivity contribution in [2.75, 3.05) is 24.7 Å². The van der Waals surface area contributed by atoms with Crippen LogP contribution in [0, 0.1) is 13.8 Å². The Morgan fingerprint density at radius 2 is 1.69 bits per heavy atom. The summed E-state index contributed by atoms with van der Waals surface area (Å²) in [6.45, 7) is 5.33. The van der Waals surface area contributed by atoms with Gasteiger partial charge in [0.1, 0.15) is 12.4 Å². The summed E-state index contributed by atoms with van der Waals surface area (Å²) in [5.41, 5.74) is 5.86. The van der Waals surface area contributed by atoms with Gasteiger partial charge in [-0.25, -0.2) is 0 Å². The first-order valence-electron chi connectivity index (χ1n) is 11.9. The Labute approximate surface area is 214 Å². The van der Waals surface area contributed by atoms with Gasteiger partial charge in [0, 0.05) is 5.69 Å². The number of para-hydroxylation sites is 1. The topological polar surface area (TPSA) is 79.0 Å². The molecule has 2 heterocycles. The smallest absolute Gasteiger partial charge is 0.286 e. The number of hydrogen-bond acceptors (Lipinski definition) is 6. The van der Waals surface area contributed by atoms with E-state index in [0.29, 0.717) is 37.6 Å². The van der Waals surface area contributed by atoms with Crippen LogP contribution in [-0.2, 0) is 11.2 Å². The van der Waals surface area contributed by atoms with Crippen molar-refractivity contribution in [3.05, 3.63) is 89.0 Å². The molecule has 8 heteroatoms. The monoisotopic (exact) mass is 501 g/mol. The number of amides is 3. The van der Waals surface area contributed by atoms with E-state index in [2.05, 4.69) is 35.3 Å². The van der Waals surface area contributed by atoms with Crippen molar-refractivity contribution in [3.8, 4) is 5.75 Å². The number of fused-ring (bicyclic) bond motifs is 1. The molecule has 5 rings (SSSR count). The predicted octanol–water partition coefficient (Wildman–Crippen LogP) is 4.83. The molecule has 0 aromatic heterocycles. The second-order valence-electron chi connectivity index (χ2n) is 9.01. The van der Waals surface area contributed by atoms with Crippen molar-refractivity contribution in [1.82, 2.24) is 10.2 Å². The molecule has 7 nitrogen and oxygen atoms in total. The zero-order valence-electron chi connectivity index (χ0n) is 20.2. The van der Waals surface area contributed by atoms with Gasteiger partial charge >= 0.3 is 0 Å². The fourth-order valence-electron chi connectivity index (χ4n) is 4.42. The molecule has 0 aliphatic carbocycles. The van der Waals surface area contributed by atoms with Gasteiger partial charge < -0.3 is 14.5 Å². The molecule has 1 atom stereocenters. The fraction of sp³-hybridized carbons (Fsp3) is 0.250. The Kier molecular flexibility index (Phi) is 6.69. The van der Waals surface area contributed by atoms with Crippen LogP contribution in [-0.4, -0.2) is 47.0 Å². The number of thioether (sulfide) groups is 1. The number of rotatable bonds is 7. The lowest BCUT2D eigenvalue weighted by molar-refractivity contribution is -0.118. The van der Waals surface area contributed by atoms with Gasteiger partial charge in [-0.05, 0) is 73.4 Å². The van der Waals surface area contributed by atoms with Gasteiger partial charge in [-0.2, -0.15) is 0 Å². The lowest BCUT2D eigenvalue weighted by Crippen LogP contribution is -2.46. The van der Waals surface area contributed by atoms with Crippen LogP contribution in [0.4, 0.5) is 16.2 Å². The number of aryl methyl sites for hydroxylation is 2. The van der Waals surface area contributed by atoms with Gasteiger partial charge in [0.05, 0.1) is 29.7 Å². The summed E-state index contributed by atoms with van der Waals surface area (Å²) in [7, 11) is 0. The predicted molar refractivity (Wildman–Crippen MR) is 141 cm³/mol. The van der Waals surface area contributed by atoms with Gasteiger partial charge in [0.15, 0.2) is 0 Å². The van der Waals surface area contributed by atoms with E-state index in [1.165, 1.54) is 0 Å². The highest BCUT2D eigenvalue weighted by Gasteiger charge is 2.32. The number of hydrogen-bond donors (Lipinski definition) is 1. The molecule has 1 saturated heterocycles. The minimum absolute atomic E-state index is 0.00103. The van der Waals surface area contributed by atoms with Gasteiger partial charge in [-0.1, -0.05) is 42.1 Å². The highest BCUT2D eigenvalue weighted by atomic mass is 32.2. The lowest BCUT2D eigenvalue weighted by Gasteiger charge is -2.38. The van der Waals surface area contributed by atoms with Gasteiger partial charge in [0.25, 0.3) is 11.1 Å². The molecule has 3 aromatic rings. The van der Waals surface area contributed by atoms with Crippen LogP contribution in [0.5, 0.6) is 5.75 Å². The Hall–Kier alpha value is -3.78. The third-order valence-electron chi connectivity index (χ3n) is 6.54. The second-order valence-corrected chi connectivity index (χ2v) is 10.2. The highest BCUT2D eigenvalue weighted by Crippen LogP contribution is 2.35. The minimum atomic E-state index is -0.391. The molecule has 2 aliphatic heterocycles. The van der Waals surface area contributed by atoms with E-state index in [9.17, 15) is 14.4 Å². The van der Waals surface area contributed by atoms with Crippen LogP contribution in [0.3, 0.4) is 0 Å². The number of benzene rings is 3. The molecule has 1 fully saturated rings. The molecule has 2 aliphatic rings. The Balaban J connectivity index is 1.25. The van der Waals surface area contributed by atoms with E-state index in [0.717, 1.165) is 39.8 Å². The zero-order valence-corrected chi connectivity index (χ0v) is 21.0. The molecule has 3 amide bonds. The maximum atomic E-state index is 13.3. The van der Waals surface area contributed by atoms with Crippen LogP contribution in [0.15, 0.2) is 66.7 Å². The maximum Gasteiger partial charge on any atom is 0.286 e. The normalized spacial score (nSPS) is 17.3. The summed E-state index contributed by atoms with van der Waals surface area (Å²) in [5, 5.41) is 1.62. The van der Waals surface area contributed by atoms with Crippen molar-refractivity contribution in [2.24, 2.45) is 0 Å². The maximum absolute atomic E-state index is 13.3. The van der Waals surface area contributed by atoms with Crippen LogP contribution in [0.1, 0.15) is 27.0 Å². The molecule has 0 spiro atoms. The number of carbonyl (C=O) groups is 3. The van der Waals surface area contributed by atoms with Crippen LogP contribution < -0.4 is 15.0 Å². The van der Waals surface area contributed by atoms with E-state index >= 15 is 0 Å². The first kappa shape index (κ1) is 23.9. The highest BCUT2D eigenvalue weighted by molar-refractivity contribution is 8.15. The molecule has 3 aromatic carbocycles. The molecule has 1 unspecified atom stereocenters.